The summed E-state index contributed by atoms with van der Waals surface area (Å²) in [6, 6.07) is 13.6. The summed E-state index contributed by atoms with van der Waals surface area (Å²) in [5.41, 5.74) is 5.77. The van der Waals surface area contributed by atoms with E-state index in [9.17, 15) is 9.90 Å². The average molecular weight is 286 g/mol. The molecule has 1 unspecified atom stereocenters. The summed E-state index contributed by atoms with van der Waals surface area (Å²) >= 11 is 0. The molecule has 2 aromatic carbocycles. The molecule has 2 aromatic rings. The fourth-order valence-electron chi connectivity index (χ4n) is 2.09. The lowest BCUT2D eigenvalue weighted by atomic mass is 9.90. The molecule has 0 aliphatic heterocycles. The molecule has 5 heteroatoms. The number of nitrogens with two attached hydrogens (primary N) is 1. The van der Waals surface area contributed by atoms with Gasteiger partial charge in [-0.15, -0.1) is 0 Å². The lowest BCUT2D eigenvalue weighted by Gasteiger charge is -2.30. The van der Waals surface area contributed by atoms with Gasteiger partial charge in [-0.1, -0.05) is 24.3 Å². The molecule has 110 valence electrons. The zero-order chi connectivity index (χ0) is 15.5. The third kappa shape index (κ3) is 2.91. The van der Waals surface area contributed by atoms with E-state index in [0.717, 1.165) is 0 Å². The summed E-state index contributed by atoms with van der Waals surface area (Å²) in [5.74, 6) is 0.214. The smallest absolute Gasteiger partial charge is 0.247 e. The fraction of sp³-hybridized carbons (Fsp3) is 0.188. The van der Waals surface area contributed by atoms with Crippen molar-refractivity contribution in [3.05, 3.63) is 54.1 Å². The number of carbonyl (C=O) groups is 1. The van der Waals surface area contributed by atoms with Gasteiger partial charge in [0.2, 0.25) is 5.91 Å². The van der Waals surface area contributed by atoms with E-state index in [0.29, 0.717) is 17.0 Å². The predicted molar refractivity (Wildman–Crippen MR) is 81.3 cm³/mol. The number of hydrogen-bond donors (Lipinski definition) is 3. The maximum atomic E-state index is 12.0. The molecule has 0 aromatic heterocycles. The first kappa shape index (κ1) is 14.7. The van der Waals surface area contributed by atoms with Gasteiger partial charge in [0, 0.05) is 0 Å². The Labute approximate surface area is 123 Å². The minimum absolute atomic E-state index is 0.128. The van der Waals surface area contributed by atoms with Gasteiger partial charge < -0.3 is 20.9 Å². The van der Waals surface area contributed by atoms with E-state index in [1.807, 2.05) is 12.1 Å². The van der Waals surface area contributed by atoms with Crippen LogP contribution >= 0.6 is 0 Å². The zero-order valence-corrected chi connectivity index (χ0v) is 12.0. The highest BCUT2D eigenvalue weighted by Crippen LogP contribution is 2.32. The minimum atomic E-state index is -1.12. The highest BCUT2D eigenvalue weighted by molar-refractivity contribution is 5.89. The van der Waals surface area contributed by atoms with Crippen molar-refractivity contribution < 1.29 is 14.6 Å². The van der Waals surface area contributed by atoms with Gasteiger partial charge >= 0.3 is 0 Å². The molecule has 0 saturated heterocycles. The van der Waals surface area contributed by atoms with Crippen LogP contribution in [0.15, 0.2) is 48.5 Å². The molecule has 0 aliphatic carbocycles. The van der Waals surface area contributed by atoms with Crippen molar-refractivity contribution in [1.82, 2.24) is 0 Å². The standard InChI is InChI=1S/C16H18N2O3/c1-16(15(17)20,11-7-9-12(19)10-8-11)18-13-5-3-4-6-14(13)21-2/h3-10,18-19H,1-2H3,(H2,17,20). The number of rotatable bonds is 5. The van der Waals surface area contributed by atoms with Crippen molar-refractivity contribution >= 4 is 11.6 Å². The van der Waals surface area contributed by atoms with Gasteiger partial charge in [-0.3, -0.25) is 4.79 Å². The number of primary amides is 1. The Morgan fingerprint density at radius 2 is 1.81 bits per heavy atom. The molecule has 1 atom stereocenters. The van der Waals surface area contributed by atoms with Gasteiger partial charge in [-0.25, -0.2) is 0 Å². The summed E-state index contributed by atoms with van der Waals surface area (Å²) in [7, 11) is 1.56. The monoisotopic (exact) mass is 286 g/mol. The van der Waals surface area contributed by atoms with Crippen molar-refractivity contribution in [3.8, 4) is 11.5 Å². The van der Waals surface area contributed by atoms with Crippen LogP contribution in [0.1, 0.15) is 12.5 Å². The average Bonchev–Trinajstić information content (AvgIpc) is 2.48. The van der Waals surface area contributed by atoms with Gasteiger partial charge in [0.05, 0.1) is 12.8 Å². The van der Waals surface area contributed by atoms with E-state index in [1.54, 1.807) is 38.3 Å². The van der Waals surface area contributed by atoms with Crippen LogP contribution in [0.5, 0.6) is 11.5 Å². The third-order valence-electron chi connectivity index (χ3n) is 3.43. The zero-order valence-electron chi connectivity index (χ0n) is 12.0. The molecule has 5 nitrogen and oxygen atoms in total. The third-order valence-corrected chi connectivity index (χ3v) is 3.43. The number of aromatic hydroxyl groups is 1. The molecule has 0 heterocycles. The van der Waals surface area contributed by atoms with E-state index < -0.39 is 11.4 Å². The number of phenols is 1. The van der Waals surface area contributed by atoms with Crippen LogP contribution in [-0.4, -0.2) is 18.1 Å². The lowest BCUT2D eigenvalue weighted by molar-refractivity contribution is -0.122. The predicted octanol–water partition coefficient (Wildman–Crippen LogP) is 2.21. The van der Waals surface area contributed by atoms with E-state index in [4.69, 9.17) is 10.5 Å². The molecule has 0 spiro atoms. The van der Waals surface area contributed by atoms with E-state index in [1.165, 1.54) is 12.1 Å². The highest BCUT2D eigenvalue weighted by atomic mass is 16.5. The SMILES string of the molecule is COc1ccccc1NC(C)(C(N)=O)c1ccc(O)cc1. The van der Waals surface area contributed by atoms with Crippen LogP contribution in [0.3, 0.4) is 0 Å². The topological polar surface area (TPSA) is 84.6 Å². The van der Waals surface area contributed by atoms with Gasteiger partial charge in [-0.05, 0) is 36.8 Å². The van der Waals surface area contributed by atoms with Crippen molar-refractivity contribution in [2.24, 2.45) is 5.73 Å². The summed E-state index contributed by atoms with van der Waals surface area (Å²) in [6.45, 7) is 1.69. The second kappa shape index (κ2) is 5.75. The van der Waals surface area contributed by atoms with Gasteiger partial charge in [0.1, 0.15) is 17.0 Å². The number of para-hydroxylation sites is 2. The molecule has 4 N–H and O–H groups in total. The van der Waals surface area contributed by atoms with Crippen LogP contribution in [0, 0.1) is 0 Å². The maximum absolute atomic E-state index is 12.0. The number of phenolic OH excluding ortho intramolecular Hbond substituents is 1. The second-order valence-electron chi connectivity index (χ2n) is 4.86. The summed E-state index contributed by atoms with van der Waals surface area (Å²) in [6.07, 6.45) is 0. The first-order valence-electron chi connectivity index (χ1n) is 6.48. The molecule has 0 bridgehead atoms. The van der Waals surface area contributed by atoms with E-state index in [-0.39, 0.29) is 5.75 Å². The van der Waals surface area contributed by atoms with Gasteiger partial charge in [0.15, 0.2) is 0 Å². The summed E-state index contributed by atoms with van der Waals surface area (Å²) < 4.78 is 5.27. The van der Waals surface area contributed by atoms with Gasteiger partial charge in [-0.2, -0.15) is 0 Å². The quantitative estimate of drug-likeness (QED) is 0.786. The Morgan fingerprint density at radius 1 is 1.19 bits per heavy atom. The Morgan fingerprint density at radius 3 is 2.38 bits per heavy atom. The number of hydrogen-bond acceptors (Lipinski definition) is 4. The van der Waals surface area contributed by atoms with Crippen molar-refractivity contribution in [1.29, 1.82) is 0 Å². The van der Waals surface area contributed by atoms with Crippen molar-refractivity contribution in [2.45, 2.75) is 12.5 Å². The number of methoxy groups -OCH3 is 1. The number of carbonyl (C=O) groups excluding carboxylic acids is 1. The second-order valence-corrected chi connectivity index (χ2v) is 4.86. The maximum Gasteiger partial charge on any atom is 0.247 e. The van der Waals surface area contributed by atoms with E-state index >= 15 is 0 Å². The summed E-state index contributed by atoms with van der Waals surface area (Å²) in [4.78, 5) is 12.0. The molecule has 0 fully saturated rings. The highest BCUT2D eigenvalue weighted by Gasteiger charge is 2.33. The Hall–Kier alpha value is -2.69. The van der Waals surface area contributed by atoms with Crippen LogP contribution in [-0.2, 0) is 10.3 Å². The Bertz CT molecular complexity index is 640. The normalized spacial score (nSPS) is 13.2. The number of nitrogens with one attached hydrogen (secondary N) is 1. The number of benzene rings is 2. The lowest BCUT2D eigenvalue weighted by Crippen LogP contribution is -2.45. The number of anilines is 1. The van der Waals surface area contributed by atoms with Gasteiger partial charge in [0.25, 0.3) is 0 Å². The molecule has 0 radical (unpaired) electrons. The fourth-order valence-corrected chi connectivity index (χ4v) is 2.09. The number of amides is 1. The molecule has 21 heavy (non-hydrogen) atoms. The molecular formula is C16H18N2O3. The first-order chi connectivity index (χ1) is 9.97. The summed E-state index contributed by atoms with van der Waals surface area (Å²) in [5, 5.41) is 12.5. The molecule has 0 saturated carbocycles. The van der Waals surface area contributed by atoms with Crippen LogP contribution < -0.4 is 15.8 Å². The van der Waals surface area contributed by atoms with Crippen molar-refractivity contribution in [2.75, 3.05) is 12.4 Å². The molecule has 0 aliphatic rings. The molecular weight excluding hydrogens is 268 g/mol. The van der Waals surface area contributed by atoms with Crippen LogP contribution in [0.4, 0.5) is 5.69 Å². The van der Waals surface area contributed by atoms with Crippen molar-refractivity contribution in [3.63, 3.8) is 0 Å². The molecule has 1 amide bonds. The van der Waals surface area contributed by atoms with Crippen LogP contribution in [0.25, 0.3) is 0 Å². The minimum Gasteiger partial charge on any atom is -0.508 e. The van der Waals surface area contributed by atoms with E-state index in [2.05, 4.69) is 5.32 Å². The number of ether oxygens (including phenoxy) is 1. The molecule has 2 rings (SSSR count). The van der Waals surface area contributed by atoms with Crippen LogP contribution in [0.2, 0.25) is 0 Å². The largest absolute Gasteiger partial charge is 0.508 e. The first-order valence-corrected chi connectivity index (χ1v) is 6.48. The Kier molecular flexibility index (Phi) is 4.03. The Balaban J connectivity index is 2.43.